The molecule has 0 unspecified atom stereocenters. The summed E-state index contributed by atoms with van der Waals surface area (Å²) in [6, 6.07) is 0.332. The molecule has 0 aliphatic rings. The second-order valence-electron chi connectivity index (χ2n) is 2.13. The molecule has 0 aromatic carbocycles. The largest absolute Gasteiger partial charge is 0.467 e. The van der Waals surface area contributed by atoms with Gasteiger partial charge in [0.15, 0.2) is 5.65 Å². The van der Waals surface area contributed by atoms with Crippen LogP contribution in [0.5, 0.6) is 6.01 Å². The molecule has 0 radical (unpaired) electrons. The van der Waals surface area contributed by atoms with Gasteiger partial charge in [-0.25, -0.2) is 4.98 Å². The van der Waals surface area contributed by atoms with Crippen LogP contribution in [0, 0.1) is 0 Å². The molecule has 2 aromatic rings. The highest BCUT2D eigenvalue weighted by Gasteiger charge is 2.05. The number of aromatic amines is 1. The molecule has 0 saturated heterocycles. The highest BCUT2D eigenvalue weighted by molar-refractivity contribution is 9.10. The second-order valence-corrected chi connectivity index (χ2v) is 2.88. The Morgan fingerprint density at radius 3 is 3.17 bits per heavy atom. The molecule has 2 aromatic heterocycles. The first-order valence-corrected chi connectivity index (χ1v) is 4.01. The highest BCUT2D eigenvalue weighted by Crippen LogP contribution is 2.19. The van der Waals surface area contributed by atoms with E-state index in [9.17, 15) is 0 Å². The molecular formula is C6H5BrN4O. The van der Waals surface area contributed by atoms with Gasteiger partial charge in [0.05, 0.1) is 12.5 Å². The molecule has 0 atom stereocenters. The van der Waals surface area contributed by atoms with Gasteiger partial charge in [0.1, 0.15) is 4.60 Å². The molecule has 5 nitrogen and oxygen atoms in total. The lowest BCUT2D eigenvalue weighted by molar-refractivity contribution is 0.381. The van der Waals surface area contributed by atoms with Gasteiger partial charge in [-0.15, -0.1) is 0 Å². The topological polar surface area (TPSA) is 63.7 Å². The van der Waals surface area contributed by atoms with E-state index < -0.39 is 0 Å². The maximum atomic E-state index is 4.85. The fourth-order valence-corrected chi connectivity index (χ4v) is 1.24. The Kier molecular flexibility index (Phi) is 1.69. The smallest absolute Gasteiger partial charge is 0.318 e. The van der Waals surface area contributed by atoms with Crippen LogP contribution in [0.4, 0.5) is 0 Å². The maximum Gasteiger partial charge on any atom is 0.318 e. The van der Waals surface area contributed by atoms with Crippen LogP contribution in [0.25, 0.3) is 11.0 Å². The third-order valence-corrected chi connectivity index (χ3v) is 2.04. The number of hydrogen-bond donors (Lipinski definition) is 1. The number of hydrogen-bond acceptors (Lipinski definition) is 4. The average Bonchev–Trinajstić information content (AvgIpc) is 2.47. The minimum Gasteiger partial charge on any atom is -0.467 e. The van der Waals surface area contributed by atoms with E-state index in [1.54, 1.807) is 6.20 Å². The van der Waals surface area contributed by atoms with Gasteiger partial charge in [0.25, 0.3) is 0 Å². The van der Waals surface area contributed by atoms with E-state index in [-0.39, 0.29) is 0 Å². The Labute approximate surface area is 76.3 Å². The van der Waals surface area contributed by atoms with E-state index in [0.717, 1.165) is 5.39 Å². The van der Waals surface area contributed by atoms with Gasteiger partial charge in [-0.3, -0.25) is 5.10 Å². The molecule has 0 spiro atoms. The fourth-order valence-electron chi connectivity index (χ4n) is 0.862. The van der Waals surface area contributed by atoms with E-state index >= 15 is 0 Å². The maximum absolute atomic E-state index is 4.85. The Balaban J connectivity index is 2.69. The van der Waals surface area contributed by atoms with Crippen molar-refractivity contribution in [2.75, 3.05) is 7.11 Å². The first kappa shape index (κ1) is 7.48. The zero-order valence-corrected chi connectivity index (χ0v) is 7.79. The molecule has 1 N–H and O–H groups in total. The number of nitrogens with one attached hydrogen (secondary N) is 1. The van der Waals surface area contributed by atoms with Gasteiger partial charge in [-0.1, -0.05) is 0 Å². The number of nitrogens with zero attached hydrogens (tertiary/aromatic N) is 3. The molecular weight excluding hydrogens is 224 g/mol. The molecule has 0 aliphatic heterocycles. The van der Waals surface area contributed by atoms with Crippen molar-refractivity contribution in [1.29, 1.82) is 0 Å². The van der Waals surface area contributed by atoms with Crippen molar-refractivity contribution in [3.8, 4) is 6.01 Å². The van der Waals surface area contributed by atoms with Crippen LogP contribution in [0.2, 0.25) is 0 Å². The van der Waals surface area contributed by atoms with Gasteiger partial charge in [-0.2, -0.15) is 10.1 Å². The summed E-state index contributed by atoms with van der Waals surface area (Å²) in [5.74, 6) is 0. The lowest BCUT2D eigenvalue weighted by atomic mass is 10.4. The monoisotopic (exact) mass is 228 g/mol. The fraction of sp³-hybridized carbons (Fsp3) is 0.167. The third-order valence-electron chi connectivity index (χ3n) is 1.43. The Bertz CT molecular complexity index is 413. The van der Waals surface area contributed by atoms with Crippen LogP contribution in [0.3, 0.4) is 0 Å². The minimum atomic E-state index is 0.332. The normalized spacial score (nSPS) is 10.5. The Morgan fingerprint density at radius 2 is 2.42 bits per heavy atom. The van der Waals surface area contributed by atoms with E-state index in [1.165, 1.54) is 7.11 Å². The highest BCUT2D eigenvalue weighted by atomic mass is 79.9. The predicted octanol–water partition coefficient (Wildman–Crippen LogP) is 1.12. The van der Waals surface area contributed by atoms with Gasteiger partial charge < -0.3 is 4.74 Å². The van der Waals surface area contributed by atoms with E-state index in [0.29, 0.717) is 16.3 Å². The first-order chi connectivity index (χ1) is 5.81. The SMILES string of the molecule is COc1ncc2c(Br)n[nH]c2n1. The molecule has 2 rings (SSSR count). The van der Waals surface area contributed by atoms with Crippen LogP contribution < -0.4 is 4.74 Å². The van der Waals surface area contributed by atoms with Crippen molar-refractivity contribution in [2.45, 2.75) is 0 Å². The molecule has 0 saturated carbocycles. The van der Waals surface area contributed by atoms with Crippen LogP contribution >= 0.6 is 15.9 Å². The molecule has 0 bridgehead atoms. The molecule has 2 heterocycles. The van der Waals surface area contributed by atoms with Crippen molar-refractivity contribution in [3.05, 3.63) is 10.8 Å². The summed E-state index contributed by atoms with van der Waals surface area (Å²) in [6.07, 6.45) is 1.65. The Morgan fingerprint density at radius 1 is 1.58 bits per heavy atom. The first-order valence-electron chi connectivity index (χ1n) is 3.22. The van der Waals surface area contributed by atoms with Crippen LogP contribution in [0.1, 0.15) is 0 Å². The van der Waals surface area contributed by atoms with Crippen molar-refractivity contribution in [1.82, 2.24) is 20.2 Å². The summed E-state index contributed by atoms with van der Waals surface area (Å²) in [7, 11) is 1.52. The lowest BCUT2D eigenvalue weighted by Crippen LogP contribution is -1.90. The number of methoxy groups -OCH3 is 1. The van der Waals surface area contributed by atoms with Gasteiger partial charge in [-0.05, 0) is 15.9 Å². The average molecular weight is 229 g/mol. The quantitative estimate of drug-likeness (QED) is 0.795. The molecule has 12 heavy (non-hydrogen) atoms. The van der Waals surface area contributed by atoms with E-state index in [1.807, 2.05) is 0 Å². The predicted molar refractivity (Wildman–Crippen MR) is 45.9 cm³/mol. The van der Waals surface area contributed by atoms with E-state index in [2.05, 4.69) is 36.1 Å². The number of rotatable bonds is 1. The number of H-pyrrole nitrogens is 1. The van der Waals surface area contributed by atoms with Gasteiger partial charge in [0, 0.05) is 6.20 Å². The summed E-state index contributed by atoms with van der Waals surface area (Å²) in [4.78, 5) is 7.97. The second kappa shape index (κ2) is 2.71. The third kappa shape index (κ3) is 1.04. The molecule has 0 amide bonds. The zero-order valence-electron chi connectivity index (χ0n) is 6.21. The Hall–Kier alpha value is -1.17. The summed E-state index contributed by atoms with van der Waals surface area (Å²) in [5, 5.41) is 7.48. The van der Waals surface area contributed by atoms with Crippen molar-refractivity contribution in [2.24, 2.45) is 0 Å². The standard InChI is InChI=1S/C6H5BrN4O/c1-12-6-8-2-3-4(7)10-11-5(3)9-6/h2H,1H3,(H,8,9,10,11). The van der Waals surface area contributed by atoms with Crippen molar-refractivity contribution < 1.29 is 4.74 Å². The van der Waals surface area contributed by atoms with Crippen LogP contribution in [-0.2, 0) is 0 Å². The van der Waals surface area contributed by atoms with Crippen LogP contribution in [0.15, 0.2) is 10.8 Å². The lowest BCUT2D eigenvalue weighted by Gasteiger charge is -1.94. The van der Waals surface area contributed by atoms with E-state index in [4.69, 9.17) is 4.74 Å². The summed E-state index contributed by atoms with van der Waals surface area (Å²) >= 11 is 3.25. The van der Waals surface area contributed by atoms with Crippen molar-refractivity contribution in [3.63, 3.8) is 0 Å². The number of aromatic nitrogens is 4. The van der Waals surface area contributed by atoms with Gasteiger partial charge >= 0.3 is 6.01 Å². The number of fused-ring (bicyclic) bond motifs is 1. The number of ether oxygens (including phenoxy) is 1. The number of halogens is 1. The summed E-state index contributed by atoms with van der Waals surface area (Å²) < 4.78 is 5.55. The van der Waals surface area contributed by atoms with Crippen LogP contribution in [-0.4, -0.2) is 27.3 Å². The summed E-state index contributed by atoms with van der Waals surface area (Å²) in [6.45, 7) is 0. The summed E-state index contributed by atoms with van der Waals surface area (Å²) in [5.41, 5.74) is 0.661. The molecule has 0 fully saturated rings. The molecule has 6 heteroatoms. The molecule has 0 aliphatic carbocycles. The zero-order chi connectivity index (χ0) is 8.55. The van der Waals surface area contributed by atoms with Crippen molar-refractivity contribution >= 4 is 27.0 Å². The molecule has 62 valence electrons. The minimum absolute atomic E-state index is 0.332. The van der Waals surface area contributed by atoms with Gasteiger partial charge in [0.2, 0.25) is 0 Å².